The number of sulfonamides is 1. The zero-order chi connectivity index (χ0) is 26.9. The van der Waals surface area contributed by atoms with E-state index in [0.29, 0.717) is 17.9 Å². The van der Waals surface area contributed by atoms with E-state index in [1.807, 2.05) is 50.4 Å². The maximum absolute atomic E-state index is 12.9. The number of nitrogens with zero attached hydrogens (tertiary/aromatic N) is 3. The Morgan fingerprint density at radius 3 is 2.87 bits per heavy atom. The molecule has 2 aliphatic rings. The molecule has 2 heterocycles. The highest BCUT2D eigenvalue weighted by molar-refractivity contribution is 7.89. The number of rotatable bonds is 9. The van der Waals surface area contributed by atoms with E-state index in [0.717, 1.165) is 58.9 Å². The molecule has 1 saturated heterocycles. The van der Waals surface area contributed by atoms with Gasteiger partial charge in [-0.1, -0.05) is 18.2 Å². The lowest BCUT2D eigenvalue weighted by Gasteiger charge is -2.18. The molecule has 0 spiro atoms. The van der Waals surface area contributed by atoms with E-state index in [2.05, 4.69) is 26.7 Å². The number of nitrogens with one attached hydrogen (secondary N) is 1. The summed E-state index contributed by atoms with van der Waals surface area (Å²) in [6, 6.07) is 13.8. The molecule has 3 aromatic rings. The van der Waals surface area contributed by atoms with E-state index in [9.17, 15) is 13.7 Å². The van der Waals surface area contributed by atoms with Gasteiger partial charge in [-0.25, -0.2) is 18.1 Å². The van der Waals surface area contributed by atoms with E-state index in [1.165, 1.54) is 5.56 Å². The first-order valence-electron chi connectivity index (χ1n) is 13.0. The fourth-order valence-corrected chi connectivity index (χ4v) is 7.50. The molecule has 2 atom stereocenters. The van der Waals surface area contributed by atoms with Crippen LogP contribution in [0.4, 0.5) is 0 Å². The number of fused-ring (bicyclic) bond motifs is 1. The molecule has 200 valence electrons. The highest BCUT2D eigenvalue weighted by Gasteiger charge is 2.29. The Morgan fingerprint density at radius 2 is 2.13 bits per heavy atom. The Balaban J connectivity index is 1.32. The Labute approximate surface area is 228 Å². The maximum atomic E-state index is 12.9. The van der Waals surface area contributed by atoms with E-state index in [1.54, 1.807) is 11.3 Å². The van der Waals surface area contributed by atoms with Gasteiger partial charge in [0.2, 0.25) is 10.0 Å². The van der Waals surface area contributed by atoms with Crippen LogP contribution in [0.25, 0.3) is 21.0 Å². The third-order valence-electron chi connectivity index (χ3n) is 7.06. The van der Waals surface area contributed by atoms with Gasteiger partial charge in [-0.15, -0.1) is 11.3 Å². The van der Waals surface area contributed by atoms with Crippen molar-refractivity contribution >= 4 is 21.4 Å². The average Bonchev–Trinajstić information content (AvgIpc) is 3.63. The summed E-state index contributed by atoms with van der Waals surface area (Å²) < 4.78 is 34.4. The van der Waals surface area contributed by atoms with E-state index in [4.69, 9.17) is 10.5 Å². The molecule has 1 aromatic heterocycles. The van der Waals surface area contributed by atoms with Gasteiger partial charge in [-0.2, -0.15) is 5.26 Å². The standard InChI is InChI=1S/C28H33N5O3S2/c1-18(2)36-26-9-6-19(14-20(26)15-29)28-31-16-27(37-28)24-5-3-4-23-22(24)7-8-25(23)32-38(34,35)13-12-33-11-10-21(30)17-33/h3-6,9,14,16,18,21,25,32H,7-8,10-13,17,30H2,1-2H3/t21-,25-/m0/s1. The van der Waals surface area contributed by atoms with Crippen LogP contribution in [0.15, 0.2) is 42.6 Å². The van der Waals surface area contributed by atoms with Gasteiger partial charge in [0.05, 0.1) is 22.3 Å². The van der Waals surface area contributed by atoms with Crippen molar-refractivity contribution < 1.29 is 13.2 Å². The molecule has 0 unspecified atom stereocenters. The van der Waals surface area contributed by atoms with Crippen molar-refractivity contribution in [2.24, 2.45) is 5.73 Å². The smallest absolute Gasteiger partial charge is 0.213 e. The number of hydrogen-bond acceptors (Lipinski definition) is 8. The van der Waals surface area contributed by atoms with Gasteiger partial charge < -0.3 is 15.4 Å². The van der Waals surface area contributed by atoms with E-state index in [-0.39, 0.29) is 23.9 Å². The molecule has 1 fully saturated rings. The summed E-state index contributed by atoms with van der Waals surface area (Å²) in [6.45, 7) is 5.98. The number of thiazole rings is 1. The Hall–Kier alpha value is -2.81. The number of aromatic nitrogens is 1. The van der Waals surface area contributed by atoms with Crippen LogP contribution in [0.5, 0.6) is 5.75 Å². The summed E-state index contributed by atoms with van der Waals surface area (Å²) in [6.07, 6.45) is 4.29. The molecule has 0 radical (unpaired) electrons. The number of nitrogens with two attached hydrogens (primary N) is 1. The lowest BCUT2D eigenvalue weighted by Crippen LogP contribution is -2.36. The van der Waals surface area contributed by atoms with Gasteiger partial charge in [-0.3, -0.25) is 0 Å². The van der Waals surface area contributed by atoms with Crippen LogP contribution in [-0.4, -0.2) is 55.8 Å². The molecule has 0 amide bonds. The van der Waals surface area contributed by atoms with Crippen molar-refractivity contribution in [2.45, 2.75) is 51.3 Å². The van der Waals surface area contributed by atoms with Gasteiger partial charge >= 0.3 is 0 Å². The fraction of sp³-hybridized carbons (Fsp3) is 0.429. The monoisotopic (exact) mass is 551 g/mol. The van der Waals surface area contributed by atoms with Crippen molar-refractivity contribution in [3.05, 3.63) is 59.3 Å². The third kappa shape index (κ3) is 5.92. The Morgan fingerprint density at radius 1 is 1.29 bits per heavy atom. The van der Waals surface area contributed by atoms with E-state index >= 15 is 0 Å². The van der Waals surface area contributed by atoms with Crippen LogP contribution in [0.3, 0.4) is 0 Å². The molecule has 0 saturated carbocycles. The first-order chi connectivity index (χ1) is 18.2. The average molecular weight is 552 g/mol. The lowest BCUT2D eigenvalue weighted by molar-refractivity contribution is 0.242. The molecule has 8 nitrogen and oxygen atoms in total. The van der Waals surface area contributed by atoms with Crippen LogP contribution in [0, 0.1) is 11.3 Å². The maximum Gasteiger partial charge on any atom is 0.213 e. The second-order valence-corrected chi connectivity index (χ2v) is 13.2. The summed E-state index contributed by atoms with van der Waals surface area (Å²) in [5, 5.41) is 10.4. The largest absolute Gasteiger partial charge is 0.490 e. The molecule has 1 aliphatic heterocycles. The summed E-state index contributed by atoms with van der Waals surface area (Å²) >= 11 is 1.57. The van der Waals surface area contributed by atoms with Crippen LogP contribution >= 0.6 is 11.3 Å². The first kappa shape index (κ1) is 26.8. The highest BCUT2D eigenvalue weighted by atomic mass is 32.2. The van der Waals surface area contributed by atoms with Crippen LogP contribution < -0.4 is 15.2 Å². The molecule has 10 heteroatoms. The Bertz CT molecular complexity index is 1460. The Kier molecular flexibility index (Phi) is 7.84. The van der Waals surface area contributed by atoms with Gasteiger partial charge in [0, 0.05) is 36.9 Å². The predicted octanol–water partition coefficient (Wildman–Crippen LogP) is 4.08. The molecule has 38 heavy (non-hydrogen) atoms. The predicted molar refractivity (Wildman–Crippen MR) is 150 cm³/mol. The van der Waals surface area contributed by atoms with Crippen molar-refractivity contribution in [1.82, 2.24) is 14.6 Å². The zero-order valence-corrected chi connectivity index (χ0v) is 23.3. The summed E-state index contributed by atoms with van der Waals surface area (Å²) in [4.78, 5) is 7.78. The third-order valence-corrected chi connectivity index (χ3v) is 9.50. The molecule has 1 aliphatic carbocycles. The second-order valence-electron chi connectivity index (χ2n) is 10.3. The van der Waals surface area contributed by atoms with Crippen molar-refractivity contribution in [3.8, 4) is 32.8 Å². The molecular weight excluding hydrogens is 518 g/mol. The molecule has 0 bridgehead atoms. The van der Waals surface area contributed by atoms with Crippen molar-refractivity contribution in [2.75, 3.05) is 25.4 Å². The number of ether oxygens (including phenoxy) is 1. The van der Waals surface area contributed by atoms with Crippen LogP contribution in [-0.2, 0) is 16.4 Å². The van der Waals surface area contributed by atoms with Gasteiger partial charge in [-0.05, 0) is 74.5 Å². The van der Waals surface area contributed by atoms with Gasteiger partial charge in [0.25, 0.3) is 0 Å². The normalized spacial score (nSPS) is 19.6. The number of likely N-dealkylation sites (tertiary alicyclic amines) is 1. The second kappa shape index (κ2) is 11.1. The zero-order valence-electron chi connectivity index (χ0n) is 21.7. The number of nitriles is 1. The van der Waals surface area contributed by atoms with Gasteiger partial charge in [0.15, 0.2) is 0 Å². The SMILES string of the molecule is CC(C)Oc1ccc(-c2ncc(-c3cccc4c3CC[C@@H]4NS(=O)(=O)CCN3CC[C@H](N)C3)s2)cc1C#N. The quantitative estimate of drug-likeness (QED) is 0.411. The summed E-state index contributed by atoms with van der Waals surface area (Å²) in [5.41, 5.74) is 10.6. The van der Waals surface area contributed by atoms with Crippen LogP contribution in [0.1, 0.15) is 49.4 Å². The van der Waals surface area contributed by atoms with Crippen molar-refractivity contribution in [1.29, 1.82) is 5.26 Å². The molecule has 2 aromatic carbocycles. The highest BCUT2D eigenvalue weighted by Crippen LogP contribution is 2.41. The number of hydrogen-bond donors (Lipinski definition) is 2. The molecule has 3 N–H and O–H groups in total. The summed E-state index contributed by atoms with van der Waals surface area (Å²) in [5.74, 6) is 0.649. The number of benzene rings is 2. The minimum Gasteiger partial charge on any atom is -0.490 e. The molecule has 5 rings (SSSR count). The minimum atomic E-state index is -3.42. The van der Waals surface area contributed by atoms with E-state index < -0.39 is 10.0 Å². The van der Waals surface area contributed by atoms with Crippen LogP contribution in [0.2, 0.25) is 0 Å². The lowest BCUT2D eigenvalue weighted by atomic mass is 10.0. The fourth-order valence-electron chi connectivity index (χ4n) is 5.24. The minimum absolute atomic E-state index is 0.0168. The first-order valence-corrected chi connectivity index (χ1v) is 15.5. The topological polar surface area (TPSA) is 121 Å². The summed E-state index contributed by atoms with van der Waals surface area (Å²) in [7, 11) is -3.42. The molecular formula is C28H33N5O3S2. The van der Waals surface area contributed by atoms with Gasteiger partial charge in [0.1, 0.15) is 16.8 Å². The van der Waals surface area contributed by atoms with Crippen molar-refractivity contribution in [3.63, 3.8) is 0 Å².